The van der Waals surface area contributed by atoms with Crippen molar-refractivity contribution in [1.29, 1.82) is 0 Å². The molecule has 0 saturated heterocycles. The molecule has 119 heavy (non-hydrogen) atoms. The molecule has 0 spiro atoms. The maximum atomic E-state index is 13.1. The van der Waals surface area contributed by atoms with Crippen molar-refractivity contribution < 1.29 is 75.8 Å². The van der Waals surface area contributed by atoms with Crippen molar-refractivity contribution in [2.45, 2.75) is 437 Å². The predicted octanol–water partition coefficient (Wildman–Crippen LogP) is 29.9. The first-order chi connectivity index (χ1) is 58.2. The first-order valence-electron chi connectivity index (χ1n) is 48.1. The fourth-order valence-corrected chi connectivity index (χ4v) is 14.8. The minimum Gasteiger partial charge on any atom is -0.463 e. The second kappa shape index (κ2) is 92.6. The summed E-state index contributed by atoms with van der Waals surface area (Å²) >= 11 is 0. The lowest BCUT2D eigenvalue weighted by atomic mass is 10.0. The number of esters is 3. The number of aliphatic hydroxyl groups is 2. The van der Waals surface area contributed by atoms with Gasteiger partial charge in [0, 0.05) is 19.3 Å². The van der Waals surface area contributed by atoms with Gasteiger partial charge in [0.05, 0.1) is 26.4 Å². The van der Waals surface area contributed by atoms with Crippen LogP contribution in [-0.4, -0.2) is 95.9 Å². The third-order valence-electron chi connectivity index (χ3n) is 20.5. The Morgan fingerprint density at radius 1 is 0.244 bits per heavy atom. The molecule has 0 aromatic carbocycles. The summed E-state index contributed by atoms with van der Waals surface area (Å²) in [6.45, 7) is 2.56. The van der Waals surface area contributed by atoms with E-state index in [1.807, 2.05) is 0 Å². The monoisotopic (exact) mass is 1710 g/mol. The molecule has 686 valence electrons. The van der Waals surface area contributed by atoms with E-state index in [1.165, 1.54) is 199 Å². The number of hydrogen-bond acceptors (Lipinski definition) is 14. The summed E-state index contributed by atoms with van der Waals surface area (Å²) in [6.07, 6.45) is 118. The topological polar surface area (TPSA) is 231 Å². The van der Waals surface area contributed by atoms with Gasteiger partial charge in [-0.1, -0.05) is 398 Å². The van der Waals surface area contributed by atoms with E-state index in [4.69, 9.17) is 32.3 Å². The van der Waals surface area contributed by atoms with Gasteiger partial charge in [0.25, 0.3) is 0 Å². The summed E-state index contributed by atoms with van der Waals surface area (Å²) in [7, 11) is -9.81. The maximum absolute atomic E-state index is 13.1. The average Bonchev–Trinajstić information content (AvgIpc) is 0.902. The van der Waals surface area contributed by atoms with Crippen LogP contribution >= 0.6 is 15.6 Å². The van der Waals surface area contributed by atoms with Gasteiger partial charge in [-0.05, 0) is 148 Å². The van der Waals surface area contributed by atoms with Gasteiger partial charge in [-0.25, -0.2) is 9.13 Å². The number of carbonyl (C=O) groups is 3. The molecule has 16 nitrogen and oxygen atoms in total. The number of rotatable bonds is 91. The third-order valence-corrected chi connectivity index (χ3v) is 22.4. The molecular weight excluding hydrogens is 1530 g/mol. The fourth-order valence-electron chi connectivity index (χ4n) is 13.2. The molecule has 0 aromatic heterocycles. The van der Waals surface area contributed by atoms with Gasteiger partial charge in [-0.2, -0.15) is 0 Å². The van der Waals surface area contributed by atoms with Crippen LogP contribution in [0.1, 0.15) is 419 Å². The Hall–Kier alpha value is -4.57. The van der Waals surface area contributed by atoms with Crippen LogP contribution in [0.5, 0.6) is 0 Å². The number of unbranched alkanes of at least 4 members (excludes halogenated alkanes) is 44. The molecule has 0 heterocycles. The molecule has 0 aliphatic carbocycles. The zero-order valence-corrected chi connectivity index (χ0v) is 77.5. The second-order valence-electron chi connectivity index (χ2n) is 32.1. The lowest BCUT2D eigenvalue weighted by Crippen LogP contribution is -2.30. The van der Waals surface area contributed by atoms with Gasteiger partial charge >= 0.3 is 33.6 Å². The van der Waals surface area contributed by atoms with Gasteiger partial charge in [-0.15, -0.1) is 0 Å². The van der Waals surface area contributed by atoms with E-state index in [0.717, 1.165) is 161 Å². The predicted molar refractivity (Wildman–Crippen MR) is 500 cm³/mol. The highest BCUT2D eigenvalue weighted by Crippen LogP contribution is 2.45. The van der Waals surface area contributed by atoms with E-state index in [1.54, 1.807) is 0 Å². The van der Waals surface area contributed by atoms with Gasteiger partial charge in [0.2, 0.25) is 0 Å². The van der Waals surface area contributed by atoms with Crippen molar-refractivity contribution in [2.24, 2.45) is 0 Å². The van der Waals surface area contributed by atoms with Crippen LogP contribution in [0.2, 0.25) is 0 Å². The van der Waals surface area contributed by atoms with Gasteiger partial charge in [0.1, 0.15) is 25.4 Å². The molecule has 0 fully saturated rings. The number of aliphatic hydroxyl groups excluding tert-OH is 2. The average molecular weight is 1710 g/mol. The molecule has 5 unspecified atom stereocenters. The third kappa shape index (κ3) is 94.0. The van der Waals surface area contributed by atoms with Crippen LogP contribution < -0.4 is 0 Å². The first kappa shape index (κ1) is 114. The van der Waals surface area contributed by atoms with Crippen LogP contribution in [0.3, 0.4) is 0 Å². The Kier molecular flexibility index (Phi) is 89.1. The largest absolute Gasteiger partial charge is 0.472 e. The molecule has 18 heteroatoms. The summed E-state index contributed by atoms with van der Waals surface area (Å²) in [5.41, 5.74) is 0. The van der Waals surface area contributed by atoms with Crippen molar-refractivity contribution in [3.8, 4) is 0 Å². The number of phosphoric acid groups is 2. The highest BCUT2D eigenvalue weighted by molar-refractivity contribution is 7.47. The van der Waals surface area contributed by atoms with E-state index in [2.05, 4.69) is 167 Å². The molecule has 0 bridgehead atoms. The number of ether oxygens (including phenoxy) is 3. The smallest absolute Gasteiger partial charge is 0.463 e. The van der Waals surface area contributed by atoms with E-state index < -0.39 is 91.5 Å². The molecule has 0 aliphatic rings. The van der Waals surface area contributed by atoms with Gasteiger partial charge in [-0.3, -0.25) is 32.5 Å². The van der Waals surface area contributed by atoms with Gasteiger partial charge < -0.3 is 34.2 Å². The Morgan fingerprint density at radius 2 is 0.445 bits per heavy atom. The summed E-state index contributed by atoms with van der Waals surface area (Å²) in [6, 6.07) is 0. The molecule has 0 rings (SSSR count). The van der Waals surface area contributed by atoms with E-state index >= 15 is 0 Å². The number of hydrogen-bond donors (Lipinski definition) is 4. The van der Waals surface area contributed by atoms with Crippen LogP contribution in [-0.2, 0) is 55.8 Å². The fraction of sp³-hybridized carbons (Fsp3) is 0.733. The van der Waals surface area contributed by atoms with Gasteiger partial charge in [0.15, 0.2) is 6.10 Å². The minimum atomic E-state index is -4.95. The summed E-state index contributed by atoms with van der Waals surface area (Å²) in [4.78, 5) is 59.0. The summed E-state index contributed by atoms with van der Waals surface area (Å²) in [5.74, 6) is -1.58. The number of carbonyl (C=O) groups excluding carboxylic acids is 3. The molecule has 0 amide bonds. The zero-order chi connectivity index (χ0) is 86.5. The summed E-state index contributed by atoms with van der Waals surface area (Å²) < 4.78 is 61.5. The number of allylic oxidation sites excluding steroid dienone is 24. The Balaban J connectivity index is 4.49. The SMILES string of the molecule is CC/C=C\C/C=C\C/C=C\C/C=C\C/C=C\CCCCCCCCCCCCCCCC(=O)OCC(COP(=O)(O)OCC(O)COP(=O)(O)OCC(O)COC(=O)CCCCCCCCCCCCCCCCCCCCC/C=C\C/C=C\C/C=C\C/C=C\CCCCC)OC(=O)CCCCCCCC/C=C\C/C=C\C/C=C\CCCCC. The van der Waals surface area contributed by atoms with Crippen LogP contribution in [0, 0.1) is 0 Å². The van der Waals surface area contributed by atoms with Crippen molar-refractivity contribution in [3.05, 3.63) is 146 Å². The molecule has 4 N–H and O–H groups in total. The molecule has 0 aliphatic heterocycles. The lowest BCUT2D eigenvalue weighted by molar-refractivity contribution is -0.161. The van der Waals surface area contributed by atoms with E-state index in [9.17, 15) is 43.5 Å². The summed E-state index contributed by atoms with van der Waals surface area (Å²) in [5, 5.41) is 20.8. The first-order valence-corrected chi connectivity index (χ1v) is 51.1. The number of phosphoric ester groups is 2. The minimum absolute atomic E-state index is 0.0883. The standard InChI is InChI=1S/C101H176O16P2/c1-4-7-10-13-16-19-22-25-28-31-34-36-38-40-42-44-45-46-47-48-49-51-53-54-56-58-61-63-66-69-72-75-78-81-84-87-99(104)111-90-96(102)91-113-118(107,108)114-92-97(103)93-115-119(109,110)116-95-98(117-101(106)89-86-83-80-77-74-71-68-65-60-33-30-27-24-21-18-15-12-9-6-3)94-112-100(105)88-85-82-79-76-73-70-67-64-62-59-57-55-52-50-43-41-39-37-35-32-29-26-23-20-17-14-11-8-5-2/h8,11,16-21,25-30,34-37,40-43,60,65,96-98,102-103H,4-7,9-10,12-15,22-24,31-33,38-39,44-59,61-64,66-95H2,1-3H3,(H,107,108)(H,109,110)/b11-8-,19-16-,20-17-,21-18-,28-25-,29-26-,30-27-,36-34-,37-35-,42-40-,43-41-,65-60-. The molecule has 5 atom stereocenters. The highest BCUT2D eigenvalue weighted by atomic mass is 31.2. The van der Waals surface area contributed by atoms with Crippen molar-refractivity contribution in [2.75, 3.05) is 39.6 Å². The van der Waals surface area contributed by atoms with Crippen molar-refractivity contribution >= 4 is 33.6 Å². The zero-order valence-electron chi connectivity index (χ0n) is 75.8. The molecule has 0 aromatic rings. The van der Waals surface area contributed by atoms with Crippen molar-refractivity contribution in [3.63, 3.8) is 0 Å². The normalized spacial score (nSPS) is 14.4. The maximum Gasteiger partial charge on any atom is 0.472 e. The Morgan fingerprint density at radius 3 is 0.706 bits per heavy atom. The quantitative estimate of drug-likeness (QED) is 0.0146. The Labute approximate surface area is 728 Å². The molecule has 0 saturated carbocycles. The van der Waals surface area contributed by atoms with Crippen LogP contribution in [0.25, 0.3) is 0 Å². The Bertz CT molecular complexity index is 2740. The highest BCUT2D eigenvalue weighted by Gasteiger charge is 2.30. The second-order valence-corrected chi connectivity index (χ2v) is 35.0. The molecule has 0 radical (unpaired) electrons. The van der Waals surface area contributed by atoms with E-state index in [0.29, 0.717) is 19.3 Å². The lowest BCUT2D eigenvalue weighted by Gasteiger charge is -2.21. The van der Waals surface area contributed by atoms with Crippen molar-refractivity contribution in [1.82, 2.24) is 0 Å². The van der Waals surface area contributed by atoms with Crippen LogP contribution in [0.15, 0.2) is 146 Å². The molecular formula is C101H176O16P2. The van der Waals surface area contributed by atoms with Crippen LogP contribution in [0.4, 0.5) is 0 Å². The van der Waals surface area contributed by atoms with E-state index in [-0.39, 0.29) is 19.3 Å².